The van der Waals surface area contributed by atoms with Crippen molar-refractivity contribution >= 4 is 27.7 Å². The Labute approximate surface area is 837 Å². The number of methoxy groups -OCH3 is 1. The van der Waals surface area contributed by atoms with Crippen LogP contribution in [0.1, 0.15) is 506 Å². The molecule has 0 aromatic carbocycles. The largest absolute Gasteiger partial charge is 0.390 e. The highest BCUT2D eigenvalue weighted by Crippen LogP contribution is 2.27. The lowest BCUT2D eigenvalue weighted by atomic mass is 9.87. The predicted octanol–water partition coefficient (Wildman–Crippen LogP) is 36.6. The van der Waals surface area contributed by atoms with Gasteiger partial charge in [0.25, 0.3) is 0 Å². The van der Waals surface area contributed by atoms with E-state index in [0.717, 1.165) is 57.1 Å². The molecule has 7 heterocycles. The minimum absolute atomic E-state index is 0. The fourth-order valence-electron chi connectivity index (χ4n) is 9.92. The van der Waals surface area contributed by atoms with Crippen molar-refractivity contribution in [3.05, 3.63) is 64.9 Å². The Bertz CT molecular complexity index is 2270. The van der Waals surface area contributed by atoms with Crippen LogP contribution in [0, 0.1) is 37.9 Å². The molecule has 804 valence electrons. The molecule has 0 spiro atoms. The standard InChI is InChI=1S/C10H22N2.C10H21NS.C10H21N.C10H22O.C9H19NO.2C8H12N2.C7H11NS.C6H14O.C6H14.14C2H6.3CH4/c1-10(2,3)9-12-7-5-11(4)6-8-12;1-10(2,3)9-11-5-7-12(4)8-6-11;1-10(2,3)9-11-7-5-4-6-8-11;1-9(2,3)7-6-8-10(4,5)11;1-9(2,3)8-10-4-6-11-7-5-10;1-8(2,3)7-6-9-4-5-10-7;1-8(2,3)7-5-4-6-9-10-7;1-7(2,3)6-8-4-5-9-6;1-6(2,3)5-7-4;1-5-6(2,3)4;14*1-2;;;/h5-9H2,1-4H3;4-9H2,1-3H3;4-9H2,1-3H3;11H,6-8H2,1-5H3;4-8H2,1-3H3;2*4-6H,1-3H3;4-5H,1-3H3;5H2,1-4H3;5H2,1-4H3;14*1-2H3;3*1H4. The predicted molar refractivity (Wildman–Crippen MR) is 622 cm³/mol. The molecule has 4 fully saturated rings. The van der Waals surface area contributed by atoms with Gasteiger partial charge in [-0.05, 0) is 110 Å². The maximum atomic E-state index is 9.41. The smallest absolute Gasteiger partial charge is 0.0978 e. The number of likely N-dealkylation sites (tertiary alicyclic amines) is 1. The number of nitrogens with zero attached hydrogens (tertiary/aromatic N) is 10. The molecule has 3 aromatic rings. The molecule has 0 atom stereocenters. The molecule has 0 saturated carbocycles. The van der Waals surface area contributed by atoms with E-state index in [2.05, 4.69) is 277 Å². The molecule has 7 rings (SSSR count). The second-order valence-corrected chi connectivity index (χ2v) is 43.2. The van der Waals surface area contributed by atoms with Gasteiger partial charge in [-0.3, -0.25) is 14.9 Å². The first-order valence-corrected chi connectivity index (χ1v) is 54.6. The molecule has 1 N–H and O–H groups in total. The van der Waals surface area contributed by atoms with Gasteiger partial charge in [-0.2, -0.15) is 20.7 Å². The van der Waals surface area contributed by atoms with Gasteiger partial charge in [-0.25, -0.2) is 4.98 Å². The number of thiazole rings is 1. The zero-order chi connectivity index (χ0) is 105. The number of aliphatic hydroxyl groups is 1. The molecule has 4 aliphatic heterocycles. The topological polar surface area (TPSA) is 119 Å². The Hall–Kier alpha value is -2.31. The lowest BCUT2D eigenvalue weighted by Gasteiger charge is -2.36. The van der Waals surface area contributed by atoms with Gasteiger partial charge in [0.1, 0.15) is 0 Å². The molecule has 4 aliphatic rings. The zero-order valence-corrected chi connectivity index (χ0v) is 102. The van der Waals surface area contributed by atoms with E-state index in [4.69, 9.17) is 9.47 Å². The second kappa shape index (κ2) is 114. The van der Waals surface area contributed by atoms with Gasteiger partial charge in [-0.1, -0.05) is 456 Å². The monoisotopic (exact) mass is 1900 g/mol. The van der Waals surface area contributed by atoms with Gasteiger partial charge in [-0.15, -0.1) is 11.3 Å². The number of likely N-dealkylation sites (N-methyl/N-ethyl adjacent to an activating group) is 1. The minimum atomic E-state index is -0.481. The first-order valence-electron chi connectivity index (χ1n) is 52.0. The van der Waals surface area contributed by atoms with Crippen molar-refractivity contribution in [1.82, 2.24) is 49.6 Å². The van der Waals surface area contributed by atoms with E-state index in [1.54, 1.807) is 43.2 Å². The van der Waals surface area contributed by atoms with Crippen molar-refractivity contribution < 1.29 is 14.6 Å². The highest BCUT2D eigenvalue weighted by molar-refractivity contribution is 8.14. The van der Waals surface area contributed by atoms with Crippen molar-refractivity contribution in [2.75, 3.05) is 137 Å². The summed E-state index contributed by atoms with van der Waals surface area (Å²) >= 11 is 1.72. The quantitative estimate of drug-likeness (QED) is 0.216. The number of hydrogen-bond acceptors (Lipinski definition) is 14. The van der Waals surface area contributed by atoms with Crippen LogP contribution in [-0.2, 0) is 25.7 Å². The maximum absolute atomic E-state index is 9.41. The normalized spacial score (nSPS) is 13.6. The summed E-state index contributed by atoms with van der Waals surface area (Å²) in [7, 11) is 4.40. The van der Waals surface area contributed by atoms with Gasteiger partial charge in [0.05, 0.1) is 41.8 Å². The fourth-order valence-corrected chi connectivity index (χ4v) is 11.9. The third kappa shape index (κ3) is 162. The number of aromatic nitrogens is 5. The Kier molecular flexibility index (Phi) is 155. The van der Waals surface area contributed by atoms with Crippen LogP contribution in [-0.4, -0.2) is 203 Å². The average Bonchev–Trinajstić information content (AvgIpc) is 1.24. The van der Waals surface area contributed by atoms with Crippen LogP contribution < -0.4 is 0 Å². The Morgan fingerprint density at radius 3 is 0.938 bits per heavy atom. The Balaban J connectivity index is -0.0000000557. The van der Waals surface area contributed by atoms with Crippen LogP contribution in [0.3, 0.4) is 0 Å². The zero-order valence-electron chi connectivity index (χ0n) is 100. The summed E-state index contributed by atoms with van der Waals surface area (Å²) in [5.41, 5.74) is 5.16. The summed E-state index contributed by atoms with van der Waals surface area (Å²) in [6.45, 7) is 149. The lowest BCUT2D eigenvalue weighted by Crippen LogP contribution is -2.47. The highest BCUT2D eigenvalue weighted by atomic mass is 32.2. The van der Waals surface area contributed by atoms with Crippen molar-refractivity contribution in [3.8, 4) is 0 Å². The third-order valence-electron chi connectivity index (χ3n) is 15.4. The van der Waals surface area contributed by atoms with Gasteiger partial charge >= 0.3 is 0 Å². The maximum Gasteiger partial charge on any atom is 0.0978 e. The number of rotatable bonds is 8. The van der Waals surface area contributed by atoms with Crippen molar-refractivity contribution in [2.45, 2.75) is 511 Å². The van der Waals surface area contributed by atoms with Crippen molar-refractivity contribution in [3.63, 3.8) is 0 Å². The summed E-state index contributed by atoms with van der Waals surface area (Å²) in [6.07, 6.45) is 17.5. The fraction of sp³-hybridized carbons (Fsp3) is 0.896. The van der Waals surface area contributed by atoms with Gasteiger partial charge in [0.2, 0.25) is 0 Å². The van der Waals surface area contributed by atoms with Crippen LogP contribution in [0.25, 0.3) is 0 Å². The number of hydrogen-bond donors (Lipinski definition) is 1. The van der Waals surface area contributed by atoms with Crippen LogP contribution in [0.15, 0.2) is 48.5 Å². The summed E-state index contributed by atoms with van der Waals surface area (Å²) < 4.78 is 10.2. The van der Waals surface area contributed by atoms with Gasteiger partial charge in [0.15, 0.2) is 0 Å². The van der Waals surface area contributed by atoms with E-state index >= 15 is 0 Å². The van der Waals surface area contributed by atoms with E-state index in [-0.39, 0.29) is 38.5 Å². The molecule has 130 heavy (non-hydrogen) atoms. The van der Waals surface area contributed by atoms with Crippen molar-refractivity contribution in [2.24, 2.45) is 37.9 Å². The first-order chi connectivity index (χ1) is 58.7. The molecule has 13 nitrogen and oxygen atoms in total. The SMILES string of the molecule is C.C.C.C=S1CCN(CC(C)(C)C)CC1.CC.CC.CC.CC.CC.CC.CC.CC.CC.CC.CC.CC.CC.CC.CC(C)(C)CCCC(C)(C)O.CC(C)(C)CN1CCCCC1.CC(C)(C)CN1CCOCC1.CC(C)(C)c1cccnn1.CC(C)(C)c1cnccn1.CC(C)(C)c1nccs1.CCC(C)(C)C.CN1CCN(CC(C)(C)C)CC1.COCC(C)(C)C. The van der Waals surface area contributed by atoms with Crippen LogP contribution >= 0.6 is 21.8 Å². The summed E-state index contributed by atoms with van der Waals surface area (Å²) in [5.74, 6) is 6.76. The molecule has 0 bridgehead atoms. The van der Waals surface area contributed by atoms with Gasteiger partial charge in [0, 0.05) is 150 Å². The lowest BCUT2D eigenvalue weighted by molar-refractivity contribution is 0.0236. The van der Waals surface area contributed by atoms with Crippen molar-refractivity contribution in [1.29, 1.82) is 0 Å². The highest BCUT2D eigenvalue weighted by Gasteiger charge is 2.24. The minimum Gasteiger partial charge on any atom is -0.390 e. The van der Waals surface area contributed by atoms with Crippen LogP contribution in [0.5, 0.6) is 0 Å². The molecule has 0 radical (unpaired) electrons. The molecular weight excluding hydrogens is 1630 g/mol. The summed E-state index contributed by atoms with van der Waals surface area (Å²) in [4.78, 5) is 25.0. The molecule has 0 unspecified atom stereocenters. The van der Waals surface area contributed by atoms with E-state index in [9.17, 15) is 5.11 Å². The molecular formula is C115H264N10O3S2. The number of morpholine rings is 1. The van der Waals surface area contributed by atoms with E-state index in [1.807, 2.05) is 231 Å². The molecule has 3 aromatic heterocycles. The third-order valence-corrected chi connectivity index (χ3v) is 18.2. The Morgan fingerprint density at radius 2 is 0.723 bits per heavy atom. The summed E-state index contributed by atoms with van der Waals surface area (Å²) in [5, 5.41) is 20.4. The van der Waals surface area contributed by atoms with Crippen LogP contribution in [0.4, 0.5) is 0 Å². The van der Waals surface area contributed by atoms with E-state index < -0.39 is 5.60 Å². The van der Waals surface area contributed by atoms with Gasteiger partial charge < -0.3 is 34.2 Å². The molecule has 4 saturated heterocycles. The van der Waals surface area contributed by atoms with Crippen LogP contribution in [0.2, 0.25) is 0 Å². The second-order valence-electron chi connectivity index (χ2n) is 40.3. The number of piperidine rings is 1. The molecule has 0 amide bonds. The van der Waals surface area contributed by atoms with E-state index in [1.165, 1.54) is 127 Å². The van der Waals surface area contributed by atoms with E-state index in [0.29, 0.717) is 48.4 Å². The molecule has 0 aliphatic carbocycles. The average molecular weight is 1900 g/mol. The molecule has 15 heteroatoms. The first kappa shape index (κ1) is 177. The summed E-state index contributed by atoms with van der Waals surface area (Å²) in [6, 6.07) is 3.90. The Morgan fingerprint density at radius 1 is 0.392 bits per heavy atom. The number of piperazine rings is 1. The number of ether oxygens (including phenoxy) is 2.